The first-order valence-corrected chi connectivity index (χ1v) is 11.3. The molecule has 0 radical (unpaired) electrons. The molecule has 184 valence electrons. The van der Waals surface area contributed by atoms with Crippen molar-refractivity contribution >= 4 is 11.9 Å². The van der Waals surface area contributed by atoms with Crippen LogP contribution in [0.5, 0.6) is 5.75 Å². The summed E-state index contributed by atoms with van der Waals surface area (Å²) >= 11 is 0. The molecular formula is C25H29F3N2O4. The zero-order chi connectivity index (χ0) is 24.6. The van der Waals surface area contributed by atoms with E-state index in [1.807, 2.05) is 6.07 Å². The fraction of sp³-hybridized carbons (Fsp3) is 0.440. The number of aryl methyl sites for hydroxylation is 1. The van der Waals surface area contributed by atoms with E-state index in [9.17, 15) is 22.8 Å². The molecular weight excluding hydrogens is 449 g/mol. The van der Waals surface area contributed by atoms with E-state index in [0.29, 0.717) is 30.9 Å². The van der Waals surface area contributed by atoms with Gasteiger partial charge in [0.2, 0.25) is 5.91 Å². The Bertz CT molecular complexity index is 994. The third-order valence-corrected chi connectivity index (χ3v) is 5.63. The summed E-state index contributed by atoms with van der Waals surface area (Å²) in [7, 11) is 0. The number of benzene rings is 2. The van der Waals surface area contributed by atoms with Gasteiger partial charge >= 0.3 is 12.1 Å². The monoisotopic (exact) mass is 478 g/mol. The van der Waals surface area contributed by atoms with Crippen LogP contribution in [0.3, 0.4) is 0 Å². The molecule has 0 aliphatic carbocycles. The van der Waals surface area contributed by atoms with Gasteiger partial charge in [-0.3, -0.25) is 14.5 Å². The van der Waals surface area contributed by atoms with E-state index < -0.39 is 17.7 Å². The van der Waals surface area contributed by atoms with Crippen molar-refractivity contribution in [1.82, 2.24) is 10.2 Å². The number of nitrogens with one attached hydrogen (secondary N) is 1. The molecule has 0 aromatic heterocycles. The highest BCUT2D eigenvalue weighted by Gasteiger charge is 2.33. The fourth-order valence-corrected chi connectivity index (χ4v) is 3.96. The molecule has 1 aliphatic rings. The molecule has 1 aliphatic heterocycles. The first-order chi connectivity index (χ1) is 16.2. The minimum atomic E-state index is -4.51. The fourth-order valence-electron chi connectivity index (χ4n) is 3.96. The summed E-state index contributed by atoms with van der Waals surface area (Å²) in [5.41, 5.74) is 0.843. The number of halogens is 3. The predicted octanol–water partition coefficient (Wildman–Crippen LogP) is 4.40. The smallest absolute Gasteiger partial charge is 0.416 e. The Balaban J connectivity index is 1.93. The number of hydrogen-bond acceptors (Lipinski definition) is 4. The number of carbonyl (C=O) groups is 2. The Hall–Kier alpha value is -3.07. The highest BCUT2D eigenvalue weighted by atomic mass is 19.4. The molecule has 0 unspecified atom stereocenters. The quantitative estimate of drug-likeness (QED) is 0.666. The van der Waals surface area contributed by atoms with Crippen LogP contribution in [-0.4, -0.2) is 41.6 Å². The molecule has 0 fully saturated rings. The van der Waals surface area contributed by atoms with Gasteiger partial charge in [-0.2, -0.15) is 13.2 Å². The number of nitrogens with zero attached hydrogens (tertiary/aromatic N) is 1. The van der Waals surface area contributed by atoms with Crippen LogP contribution in [0.1, 0.15) is 47.9 Å². The summed E-state index contributed by atoms with van der Waals surface area (Å²) < 4.78 is 46.6. The lowest BCUT2D eigenvalue weighted by Gasteiger charge is -2.25. The molecule has 0 saturated carbocycles. The third kappa shape index (κ3) is 7.76. The lowest BCUT2D eigenvalue weighted by atomic mass is 10.0. The van der Waals surface area contributed by atoms with Crippen LogP contribution in [0.15, 0.2) is 42.5 Å². The zero-order valence-electron chi connectivity index (χ0n) is 18.9. The second-order valence-corrected chi connectivity index (χ2v) is 8.39. The zero-order valence-corrected chi connectivity index (χ0v) is 18.9. The van der Waals surface area contributed by atoms with Crippen molar-refractivity contribution in [1.29, 1.82) is 0 Å². The molecule has 0 atom stereocenters. The Morgan fingerprint density at radius 3 is 2.65 bits per heavy atom. The van der Waals surface area contributed by atoms with Crippen LogP contribution in [0.25, 0.3) is 0 Å². The lowest BCUT2D eigenvalue weighted by Crippen LogP contribution is -2.37. The molecule has 0 saturated heterocycles. The van der Waals surface area contributed by atoms with E-state index in [0.717, 1.165) is 30.9 Å². The number of rotatable bonds is 5. The maximum absolute atomic E-state index is 13.6. The normalized spacial score (nSPS) is 16.3. The number of ether oxygens (including phenoxy) is 1. The summed E-state index contributed by atoms with van der Waals surface area (Å²) in [5.74, 6) is -0.580. The number of carboxylic acids is 1. The Labute approximate surface area is 196 Å². The number of fused-ring (bicyclic) bond motifs is 1. The van der Waals surface area contributed by atoms with Crippen molar-refractivity contribution < 1.29 is 32.6 Å². The van der Waals surface area contributed by atoms with E-state index in [1.165, 1.54) is 12.1 Å². The number of alkyl halides is 3. The van der Waals surface area contributed by atoms with Gasteiger partial charge in [-0.25, -0.2) is 0 Å². The van der Waals surface area contributed by atoms with Gasteiger partial charge in [0, 0.05) is 31.6 Å². The van der Waals surface area contributed by atoms with Gasteiger partial charge in [0.05, 0.1) is 18.7 Å². The van der Waals surface area contributed by atoms with Crippen molar-refractivity contribution in [3.05, 3.63) is 64.7 Å². The molecule has 9 heteroatoms. The summed E-state index contributed by atoms with van der Waals surface area (Å²) in [4.78, 5) is 25.2. The Kier molecular flexibility index (Phi) is 8.92. The molecule has 1 heterocycles. The van der Waals surface area contributed by atoms with E-state index in [2.05, 4.69) is 5.32 Å². The van der Waals surface area contributed by atoms with Gasteiger partial charge in [-0.05, 0) is 48.9 Å². The lowest BCUT2D eigenvalue weighted by molar-refractivity contribution is -0.139. The number of carboxylic acid groups (broad SMARTS) is 1. The van der Waals surface area contributed by atoms with E-state index in [4.69, 9.17) is 9.84 Å². The average Bonchev–Trinajstić information content (AvgIpc) is 2.78. The van der Waals surface area contributed by atoms with Crippen LogP contribution in [0.2, 0.25) is 0 Å². The molecule has 34 heavy (non-hydrogen) atoms. The summed E-state index contributed by atoms with van der Waals surface area (Å²) in [5, 5.41) is 11.8. The second-order valence-electron chi connectivity index (χ2n) is 8.39. The molecule has 2 N–H and O–H groups in total. The van der Waals surface area contributed by atoms with Gasteiger partial charge in [-0.1, -0.05) is 30.3 Å². The Morgan fingerprint density at radius 1 is 1.09 bits per heavy atom. The van der Waals surface area contributed by atoms with Gasteiger partial charge in [0.25, 0.3) is 0 Å². The van der Waals surface area contributed by atoms with Crippen molar-refractivity contribution in [2.45, 2.75) is 51.4 Å². The highest BCUT2D eigenvalue weighted by molar-refractivity contribution is 5.78. The average molecular weight is 479 g/mol. The second kappa shape index (κ2) is 11.9. The molecule has 0 spiro atoms. The summed E-state index contributed by atoms with van der Waals surface area (Å²) in [6.45, 7) is 0.993. The predicted molar refractivity (Wildman–Crippen MR) is 120 cm³/mol. The molecule has 1 amide bonds. The number of aliphatic carboxylic acids is 1. The maximum atomic E-state index is 13.6. The van der Waals surface area contributed by atoms with Crippen LogP contribution in [0, 0.1) is 0 Å². The summed E-state index contributed by atoms with van der Waals surface area (Å²) in [6.07, 6.45) is -1.76. The topological polar surface area (TPSA) is 78.9 Å². The molecule has 6 nitrogen and oxygen atoms in total. The van der Waals surface area contributed by atoms with Gasteiger partial charge in [0.15, 0.2) is 0 Å². The van der Waals surface area contributed by atoms with Gasteiger partial charge in [-0.15, -0.1) is 0 Å². The number of carbonyl (C=O) groups excluding carboxylic acids is 1. The van der Waals surface area contributed by atoms with Gasteiger partial charge < -0.3 is 15.2 Å². The number of hydrogen-bond donors (Lipinski definition) is 2. The standard InChI is InChI=1S/C25H29F3N2O4/c26-25(27,28)21-7-3-2-6-19(21)15-30-16-20-14-18(9-11-24(32)33)8-10-22(20)34-13-5-1-4-12-29-23(31)17-30/h2-3,6-8,10,14H,1,4-5,9,11-13,15-17H2,(H,29,31)(H,32,33). The van der Waals surface area contributed by atoms with E-state index >= 15 is 0 Å². The van der Waals surface area contributed by atoms with Crippen molar-refractivity contribution in [3.8, 4) is 5.75 Å². The largest absolute Gasteiger partial charge is 0.493 e. The first-order valence-electron chi connectivity index (χ1n) is 11.3. The first kappa shape index (κ1) is 25.6. The third-order valence-electron chi connectivity index (χ3n) is 5.63. The van der Waals surface area contributed by atoms with E-state index in [1.54, 1.807) is 23.1 Å². The van der Waals surface area contributed by atoms with Crippen molar-refractivity contribution in [2.24, 2.45) is 0 Å². The minimum Gasteiger partial charge on any atom is -0.493 e. The maximum Gasteiger partial charge on any atom is 0.416 e. The van der Waals surface area contributed by atoms with Crippen molar-refractivity contribution in [3.63, 3.8) is 0 Å². The van der Waals surface area contributed by atoms with Crippen LogP contribution in [-0.2, 0) is 35.3 Å². The minimum absolute atomic E-state index is 0.0370. The summed E-state index contributed by atoms with van der Waals surface area (Å²) in [6, 6.07) is 10.7. The molecule has 2 aromatic carbocycles. The van der Waals surface area contributed by atoms with E-state index in [-0.39, 0.29) is 37.5 Å². The molecule has 2 aromatic rings. The van der Waals surface area contributed by atoms with Crippen LogP contribution in [0.4, 0.5) is 13.2 Å². The Morgan fingerprint density at radius 2 is 1.88 bits per heavy atom. The van der Waals surface area contributed by atoms with Crippen LogP contribution >= 0.6 is 0 Å². The highest BCUT2D eigenvalue weighted by Crippen LogP contribution is 2.33. The molecule has 0 bridgehead atoms. The van der Waals surface area contributed by atoms with Crippen molar-refractivity contribution in [2.75, 3.05) is 19.7 Å². The SMILES string of the molecule is O=C(O)CCc1ccc2c(c1)CN(Cc1ccccc1C(F)(F)F)CC(=O)NCCCCCO2. The van der Waals surface area contributed by atoms with Crippen LogP contribution < -0.4 is 10.1 Å². The van der Waals surface area contributed by atoms with Gasteiger partial charge in [0.1, 0.15) is 5.75 Å². The molecule has 3 rings (SSSR count). The number of amides is 1.